The lowest BCUT2D eigenvalue weighted by Crippen LogP contribution is -2.18. The van der Waals surface area contributed by atoms with Crippen LogP contribution in [0.4, 0.5) is 5.69 Å². The minimum atomic E-state index is -0.834. The molecule has 0 spiro atoms. The standard InChI is InChI=1S/C14H16N2O3/c1-9(2)7-11(8-15)14(17)13-10(3)5-4-6-12(13)16(18)19/h4-6,9,11H,7H2,1-3H3. The van der Waals surface area contributed by atoms with Gasteiger partial charge in [-0.1, -0.05) is 26.0 Å². The van der Waals surface area contributed by atoms with Gasteiger partial charge in [0, 0.05) is 6.07 Å². The molecule has 0 radical (unpaired) electrons. The summed E-state index contributed by atoms with van der Waals surface area (Å²) in [6.07, 6.45) is 0.404. The first kappa shape index (κ1) is 14.8. The van der Waals surface area contributed by atoms with Crippen LogP contribution in [0.5, 0.6) is 0 Å². The molecule has 1 aromatic carbocycles. The topological polar surface area (TPSA) is 84.0 Å². The van der Waals surface area contributed by atoms with Crippen molar-refractivity contribution in [1.29, 1.82) is 5.26 Å². The maximum Gasteiger partial charge on any atom is 0.280 e. The lowest BCUT2D eigenvalue weighted by Gasteiger charge is -2.12. The molecule has 0 bridgehead atoms. The van der Waals surface area contributed by atoms with E-state index in [1.54, 1.807) is 13.0 Å². The van der Waals surface area contributed by atoms with Crippen molar-refractivity contribution < 1.29 is 9.72 Å². The summed E-state index contributed by atoms with van der Waals surface area (Å²) in [7, 11) is 0. The Labute approximate surface area is 112 Å². The van der Waals surface area contributed by atoms with E-state index >= 15 is 0 Å². The van der Waals surface area contributed by atoms with Crippen molar-refractivity contribution in [2.75, 3.05) is 0 Å². The highest BCUT2D eigenvalue weighted by Crippen LogP contribution is 2.27. The Balaban J connectivity index is 3.26. The Morgan fingerprint density at radius 2 is 2.11 bits per heavy atom. The fraction of sp³-hybridized carbons (Fsp3) is 0.429. The van der Waals surface area contributed by atoms with Crippen LogP contribution in [0.2, 0.25) is 0 Å². The van der Waals surface area contributed by atoms with Crippen LogP contribution in [0.25, 0.3) is 0 Å². The molecule has 19 heavy (non-hydrogen) atoms. The van der Waals surface area contributed by atoms with Crippen LogP contribution in [0.3, 0.4) is 0 Å². The Kier molecular flexibility index (Phi) is 4.76. The number of carbonyl (C=O) groups excluding carboxylic acids is 1. The van der Waals surface area contributed by atoms with Gasteiger partial charge in [-0.2, -0.15) is 5.26 Å². The van der Waals surface area contributed by atoms with Crippen molar-refractivity contribution >= 4 is 11.5 Å². The monoisotopic (exact) mass is 260 g/mol. The summed E-state index contributed by atoms with van der Waals surface area (Å²) in [5.74, 6) is -1.11. The summed E-state index contributed by atoms with van der Waals surface area (Å²) >= 11 is 0. The van der Waals surface area contributed by atoms with E-state index in [1.165, 1.54) is 12.1 Å². The van der Waals surface area contributed by atoms with Crippen molar-refractivity contribution in [3.63, 3.8) is 0 Å². The first-order chi connectivity index (χ1) is 8.88. The normalized spacial score (nSPS) is 11.9. The predicted molar refractivity (Wildman–Crippen MR) is 70.7 cm³/mol. The third-order valence-corrected chi connectivity index (χ3v) is 2.87. The second kappa shape index (κ2) is 6.10. The molecule has 0 aliphatic carbocycles. The fourth-order valence-corrected chi connectivity index (χ4v) is 1.99. The second-order valence-corrected chi connectivity index (χ2v) is 4.90. The van der Waals surface area contributed by atoms with Crippen molar-refractivity contribution in [3.05, 3.63) is 39.4 Å². The van der Waals surface area contributed by atoms with Crippen LogP contribution < -0.4 is 0 Å². The minimum absolute atomic E-state index is 0.0553. The molecule has 0 saturated carbocycles. The van der Waals surface area contributed by atoms with Gasteiger partial charge in [-0.25, -0.2) is 0 Å². The summed E-state index contributed by atoms with van der Waals surface area (Å²) in [5.41, 5.74) is 0.358. The maximum atomic E-state index is 12.3. The van der Waals surface area contributed by atoms with Crippen LogP contribution in [-0.4, -0.2) is 10.7 Å². The van der Waals surface area contributed by atoms with Gasteiger partial charge in [0.1, 0.15) is 5.92 Å². The smallest absolute Gasteiger partial charge is 0.280 e. The highest BCUT2D eigenvalue weighted by molar-refractivity contribution is 6.03. The number of carbonyl (C=O) groups is 1. The molecule has 0 amide bonds. The van der Waals surface area contributed by atoms with Crippen molar-refractivity contribution in [1.82, 2.24) is 0 Å². The quantitative estimate of drug-likeness (QED) is 0.462. The Bertz CT molecular complexity index is 544. The van der Waals surface area contributed by atoms with E-state index in [2.05, 4.69) is 0 Å². The van der Waals surface area contributed by atoms with Gasteiger partial charge in [-0.05, 0) is 24.8 Å². The van der Waals surface area contributed by atoms with Crippen LogP contribution in [0.1, 0.15) is 36.2 Å². The lowest BCUT2D eigenvalue weighted by atomic mass is 9.88. The van der Waals surface area contributed by atoms with Gasteiger partial charge in [-0.15, -0.1) is 0 Å². The molecule has 1 unspecified atom stereocenters. The third kappa shape index (κ3) is 3.38. The molecule has 0 N–H and O–H groups in total. The zero-order valence-electron chi connectivity index (χ0n) is 11.2. The molecule has 0 aliphatic heterocycles. The van der Waals surface area contributed by atoms with Crippen molar-refractivity contribution in [3.8, 4) is 6.07 Å². The zero-order valence-corrected chi connectivity index (χ0v) is 11.2. The van der Waals surface area contributed by atoms with Crippen LogP contribution in [0.15, 0.2) is 18.2 Å². The number of rotatable bonds is 5. The molecule has 1 rings (SSSR count). The number of ketones is 1. The number of nitro benzene ring substituents is 1. The summed E-state index contributed by atoms with van der Waals surface area (Å²) in [6.45, 7) is 5.46. The highest BCUT2D eigenvalue weighted by atomic mass is 16.6. The third-order valence-electron chi connectivity index (χ3n) is 2.87. The van der Waals surface area contributed by atoms with E-state index in [0.717, 1.165) is 0 Å². The van der Waals surface area contributed by atoms with E-state index < -0.39 is 16.6 Å². The molecule has 100 valence electrons. The van der Waals surface area contributed by atoms with Crippen LogP contribution in [0, 0.1) is 40.2 Å². The molecule has 0 aliphatic rings. The van der Waals surface area contributed by atoms with Crippen LogP contribution >= 0.6 is 0 Å². The number of nitro groups is 1. The van der Waals surface area contributed by atoms with Gasteiger partial charge in [0.25, 0.3) is 5.69 Å². The lowest BCUT2D eigenvalue weighted by molar-refractivity contribution is -0.385. The van der Waals surface area contributed by atoms with E-state index in [-0.39, 0.29) is 17.2 Å². The first-order valence-corrected chi connectivity index (χ1v) is 6.06. The summed E-state index contributed by atoms with van der Waals surface area (Å²) in [6, 6.07) is 6.43. The van der Waals surface area contributed by atoms with Crippen molar-refractivity contribution in [2.45, 2.75) is 27.2 Å². The van der Waals surface area contributed by atoms with Gasteiger partial charge in [0.15, 0.2) is 5.78 Å². The molecule has 5 nitrogen and oxygen atoms in total. The molecule has 1 atom stereocenters. The van der Waals surface area contributed by atoms with Crippen molar-refractivity contribution in [2.24, 2.45) is 11.8 Å². The largest absolute Gasteiger partial charge is 0.292 e. The van der Waals surface area contributed by atoms with Gasteiger partial charge < -0.3 is 0 Å². The summed E-state index contributed by atoms with van der Waals surface area (Å²) in [4.78, 5) is 22.7. The molecule has 0 fully saturated rings. The molecule has 0 heterocycles. The van der Waals surface area contributed by atoms with Gasteiger partial charge in [0.05, 0.1) is 16.6 Å². The van der Waals surface area contributed by atoms with Gasteiger partial charge in [0.2, 0.25) is 0 Å². The predicted octanol–water partition coefficient (Wildman–Crippen LogP) is 3.27. The van der Waals surface area contributed by atoms with E-state index in [4.69, 9.17) is 5.26 Å². The van der Waals surface area contributed by atoms with Gasteiger partial charge >= 0.3 is 0 Å². The van der Waals surface area contributed by atoms with Gasteiger partial charge in [-0.3, -0.25) is 14.9 Å². The molecular formula is C14H16N2O3. The molecule has 5 heteroatoms. The van der Waals surface area contributed by atoms with E-state index in [1.807, 2.05) is 19.9 Å². The summed E-state index contributed by atoms with van der Waals surface area (Å²) < 4.78 is 0. The zero-order chi connectivity index (χ0) is 14.6. The Morgan fingerprint density at radius 3 is 2.58 bits per heavy atom. The number of Topliss-reactive ketones (excluding diaryl/α,β-unsaturated/α-hetero) is 1. The van der Waals surface area contributed by atoms with Crippen LogP contribution in [-0.2, 0) is 0 Å². The van der Waals surface area contributed by atoms with E-state index in [0.29, 0.717) is 12.0 Å². The number of aryl methyl sites for hydroxylation is 1. The number of hydrogen-bond acceptors (Lipinski definition) is 4. The molecule has 1 aromatic rings. The van der Waals surface area contributed by atoms with E-state index in [9.17, 15) is 14.9 Å². The number of benzene rings is 1. The summed E-state index contributed by atoms with van der Waals surface area (Å²) in [5, 5.41) is 20.1. The molecule has 0 aromatic heterocycles. The fourth-order valence-electron chi connectivity index (χ4n) is 1.99. The maximum absolute atomic E-state index is 12.3. The number of nitriles is 1. The number of nitrogens with zero attached hydrogens (tertiary/aromatic N) is 2. The minimum Gasteiger partial charge on any atom is -0.292 e. The second-order valence-electron chi connectivity index (χ2n) is 4.90. The first-order valence-electron chi connectivity index (χ1n) is 6.06. The Hall–Kier alpha value is -2.22. The number of hydrogen-bond donors (Lipinski definition) is 0. The molecule has 0 saturated heterocycles. The average molecular weight is 260 g/mol. The molecular weight excluding hydrogens is 244 g/mol. The Morgan fingerprint density at radius 1 is 1.47 bits per heavy atom. The highest BCUT2D eigenvalue weighted by Gasteiger charge is 2.28. The SMILES string of the molecule is Cc1cccc([N+](=O)[O-])c1C(=O)C(C#N)CC(C)C. The average Bonchev–Trinajstić information content (AvgIpc) is 2.34.